The molecule has 0 N–H and O–H groups in total. The third kappa shape index (κ3) is 35.8. The topological polar surface area (TPSA) is 78.9 Å². The van der Waals surface area contributed by atoms with E-state index in [9.17, 15) is 14.4 Å². The molecule has 0 aliphatic heterocycles. The second kappa shape index (κ2) is 45.4. The lowest BCUT2D eigenvalue weighted by Gasteiger charge is -2.12. The van der Waals surface area contributed by atoms with Crippen LogP contribution in [-0.4, -0.2) is 37.7 Å². The number of benzene rings is 1. The molecule has 0 atom stereocenters. The summed E-state index contributed by atoms with van der Waals surface area (Å²) in [6, 6.07) is 4.53. The van der Waals surface area contributed by atoms with Crippen LogP contribution in [0, 0.1) is 0 Å². The summed E-state index contributed by atoms with van der Waals surface area (Å²) < 4.78 is 16.9. The minimum atomic E-state index is -0.601. The highest BCUT2D eigenvalue weighted by Gasteiger charge is 2.22. The summed E-state index contributed by atoms with van der Waals surface area (Å²) in [6.07, 6.45) is 56.4. The van der Waals surface area contributed by atoms with Crippen molar-refractivity contribution in [3.63, 3.8) is 0 Å². The largest absolute Gasteiger partial charge is 0.462 e. The quantitative estimate of drug-likeness (QED) is 0.0281. The number of ether oxygens (including phenoxy) is 3. The lowest BCUT2D eigenvalue weighted by Crippen LogP contribution is -2.17. The molecule has 0 amide bonds. The third-order valence-electron chi connectivity index (χ3n) is 11.9. The van der Waals surface area contributed by atoms with Gasteiger partial charge in [0.15, 0.2) is 0 Å². The van der Waals surface area contributed by atoms with Crippen LogP contribution in [0.25, 0.3) is 0 Å². The van der Waals surface area contributed by atoms with E-state index in [4.69, 9.17) is 14.2 Å². The fraction of sp³-hybridized carbons (Fsp3) is 0.737. The van der Waals surface area contributed by atoms with Gasteiger partial charge in [0.2, 0.25) is 0 Å². The first kappa shape index (κ1) is 57.9. The number of carbonyl (C=O) groups excluding carboxylic acids is 3. The van der Waals surface area contributed by atoms with Gasteiger partial charge in [-0.05, 0) is 95.2 Å². The van der Waals surface area contributed by atoms with Crippen molar-refractivity contribution in [1.82, 2.24) is 0 Å². The number of hydrogen-bond donors (Lipinski definition) is 0. The zero-order valence-electron chi connectivity index (χ0n) is 41.2. The molecule has 0 radical (unpaired) electrons. The van der Waals surface area contributed by atoms with Crippen molar-refractivity contribution in [2.75, 3.05) is 19.8 Å². The summed E-state index contributed by atoms with van der Waals surface area (Å²) in [5, 5.41) is 0. The van der Waals surface area contributed by atoms with Gasteiger partial charge >= 0.3 is 17.9 Å². The fourth-order valence-corrected chi connectivity index (χ4v) is 7.70. The maximum atomic E-state index is 13.4. The highest BCUT2D eigenvalue weighted by molar-refractivity contribution is 6.05. The van der Waals surface area contributed by atoms with Gasteiger partial charge in [-0.2, -0.15) is 0 Å². The monoisotopic (exact) mass is 877 g/mol. The molecule has 0 aromatic heterocycles. The van der Waals surface area contributed by atoms with Crippen LogP contribution in [-0.2, 0) is 14.2 Å². The Hall–Kier alpha value is -3.15. The normalized spacial score (nSPS) is 11.7. The van der Waals surface area contributed by atoms with Crippen molar-refractivity contribution < 1.29 is 28.6 Å². The van der Waals surface area contributed by atoms with Crippen LogP contribution in [0.2, 0.25) is 0 Å². The van der Waals surface area contributed by atoms with E-state index in [1.807, 2.05) is 0 Å². The highest BCUT2D eigenvalue weighted by atomic mass is 16.5. The van der Waals surface area contributed by atoms with Crippen molar-refractivity contribution in [2.24, 2.45) is 0 Å². The smallest absolute Gasteiger partial charge is 0.339 e. The maximum Gasteiger partial charge on any atom is 0.339 e. The van der Waals surface area contributed by atoms with Crippen LogP contribution < -0.4 is 0 Å². The first-order valence-corrected chi connectivity index (χ1v) is 26.6. The molecule has 0 bridgehead atoms. The first-order valence-electron chi connectivity index (χ1n) is 26.6. The zero-order chi connectivity index (χ0) is 45.5. The van der Waals surface area contributed by atoms with Crippen molar-refractivity contribution in [3.05, 3.63) is 71.3 Å². The maximum absolute atomic E-state index is 13.4. The molecule has 0 saturated heterocycles. The lowest BCUT2D eigenvalue weighted by molar-refractivity contribution is 0.0447. The summed E-state index contributed by atoms with van der Waals surface area (Å²) in [5.74, 6) is -1.65. The van der Waals surface area contributed by atoms with E-state index in [1.54, 1.807) is 6.07 Å². The molecule has 1 aromatic carbocycles. The Morgan fingerprint density at radius 1 is 0.333 bits per heavy atom. The number of carbonyl (C=O) groups is 3. The van der Waals surface area contributed by atoms with Crippen LogP contribution in [0.4, 0.5) is 0 Å². The Balaban J connectivity index is 2.50. The average molecular weight is 877 g/mol. The van der Waals surface area contributed by atoms with E-state index in [-0.39, 0.29) is 23.3 Å². The summed E-state index contributed by atoms with van der Waals surface area (Å²) in [7, 11) is 0. The Bertz CT molecular complexity index is 1310. The predicted molar refractivity (Wildman–Crippen MR) is 268 cm³/mol. The Morgan fingerprint density at radius 2 is 0.603 bits per heavy atom. The van der Waals surface area contributed by atoms with Gasteiger partial charge in [-0.15, -0.1) is 0 Å². The average Bonchev–Trinajstić information content (AvgIpc) is 3.29. The highest BCUT2D eigenvalue weighted by Crippen LogP contribution is 2.19. The Kier molecular flexibility index (Phi) is 41.7. The van der Waals surface area contributed by atoms with E-state index in [1.165, 1.54) is 185 Å². The lowest BCUT2D eigenvalue weighted by atomic mass is 10.0. The molecule has 0 heterocycles. The molecule has 0 saturated carbocycles. The number of hydrogen-bond acceptors (Lipinski definition) is 6. The van der Waals surface area contributed by atoms with E-state index < -0.39 is 17.9 Å². The van der Waals surface area contributed by atoms with Crippen LogP contribution in [0.5, 0.6) is 0 Å². The fourth-order valence-electron chi connectivity index (χ4n) is 7.70. The standard InChI is InChI=1S/C57H96O6/c1-4-7-10-13-16-19-22-25-28-31-34-37-40-43-48-61-55(58)52-46-47-53(56(59)62-49-44-41-38-35-32-29-26-23-20-17-14-11-8-5-2)54(51-52)57(60)63-50-45-42-39-36-33-30-27-24-21-18-15-12-9-6-3/h13-18,46-47,51H,4-12,19-45,48-50H2,1-3H3/b16-13+,17-14+,18-15+. The molecular formula is C57H96O6. The molecule has 0 unspecified atom stereocenters. The van der Waals surface area contributed by atoms with Crippen molar-refractivity contribution >= 4 is 17.9 Å². The number of unbranched alkanes of at least 4 members (excludes halogenated alkanes) is 30. The SMILES string of the molecule is CCCC/C=C/CCCCCCCCCCOC(=O)c1ccc(C(=O)OCCCCCCCCCC/C=C/CCCC)c(C(=O)OCCCCCCCCCC/C=C/CCCC)c1. The first-order chi connectivity index (χ1) is 31.0. The van der Waals surface area contributed by atoms with Gasteiger partial charge in [0.25, 0.3) is 0 Å². The van der Waals surface area contributed by atoms with Crippen LogP contribution in [0.1, 0.15) is 283 Å². The van der Waals surface area contributed by atoms with Gasteiger partial charge in [0, 0.05) is 0 Å². The van der Waals surface area contributed by atoms with Gasteiger partial charge in [0.05, 0.1) is 36.5 Å². The van der Waals surface area contributed by atoms with Crippen LogP contribution in [0.3, 0.4) is 0 Å². The molecule has 1 aromatic rings. The van der Waals surface area contributed by atoms with Crippen molar-refractivity contribution in [3.8, 4) is 0 Å². The van der Waals surface area contributed by atoms with E-state index in [0.29, 0.717) is 13.2 Å². The Morgan fingerprint density at radius 3 is 0.937 bits per heavy atom. The molecule has 63 heavy (non-hydrogen) atoms. The molecule has 360 valence electrons. The molecule has 0 aliphatic carbocycles. The molecule has 0 fully saturated rings. The molecular weight excluding hydrogens is 781 g/mol. The molecule has 0 aliphatic rings. The number of allylic oxidation sites excluding steroid dienone is 6. The van der Waals surface area contributed by atoms with E-state index in [2.05, 4.69) is 57.2 Å². The molecule has 0 spiro atoms. The van der Waals surface area contributed by atoms with Crippen molar-refractivity contribution in [1.29, 1.82) is 0 Å². The molecule has 6 nitrogen and oxygen atoms in total. The van der Waals surface area contributed by atoms with Crippen LogP contribution in [0.15, 0.2) is 54.7 Å². The van der Waals surface area contributed by atoms with Gasteiger partial charge in [-0.25, -0.2) is 14.4 Å². The predicted octanol–water partition coefficient (Wildman–Crippen LogP) is 17.9. The number of esters is 3. The summed E-state index contributed by atoms with van der Waals surface area (Å²) >= 11 is 0. The molecule has 1 rings (SSSR count). The summed E-state index contributed by atoms with van der Waals surface area (Å²) in [6.45, 7) is 7.61. The van der Waals surface area contributed by atoms with Crippen molar-refractivity contribution in [2.45, 2.75) is 252 Å². The number of rotatable bonds is 45. The van der Waals surface area contributed by atoms with Gasteiger partial charge in [0.1, 0.15) is 0 Å². The van der Waals surface area contributed by atoms with E-state index in [0.717, 1.165) is 57.8 Å². The zero-order valence-corrected chi connectivity index (χ0v) is 41.2. The van der Waals surface area contributed by atoms with Crippen LogP contribution >= 0.6 is 0 Å². The van der Waals surface area contributed by atoms with Gasteiger partial charge in [-0.1, -0.05) is 211 Å². The van der Waals surface area contributed by atoms with Gasteiger partial charge < -0.3 is 14.2 Å². The summed E-state index contributed by atoms with van der Waals surface area (Å²) in [5.41, 5.74) is 0.449. The summed E-state index contributed by atoms with van der Waals surface area (Å²) in [4.78, 5) is 39.7. The van der Waals surface area contributed by atoms with Gasteiger partial charge in [-0.3, -0.25) is 0 Å². The minimum absolute atomic E-state index is 0.0682. The Labute approximate surface area is 388 Å². The van der Waals surface area contributed by atoms with E-state index >= 15 is 0 Å². The second-order valence-corrected chi connectivity index (χ2v) is 17.9. The minimum Gasteiger partial charge on any atom is -0.462 e. The third-order valence-corrected chi connectivity index (χ3v) is 11.9. The molecule has 6 heteroatoms. The second-order valence-electron chi connectivity index (χ2n) is 17.9.